The quantitative estimate of drug-likeness (QED) is 0.414. The third-order valence-corrected chi connectivity index (χ3v) is 5.55. The molecule has 0 heterocycles. The standard InChI is InChI=1S/C24H23N3O5S/c1-31-20-11-8-16(12-21(20)32-2)24(30)27-18-4-3-5-19(13-18)33-14-22(28)26-17-9-6-15(7-10-17)23(25)29/h3-13H,14H2,1-2H3,(H2,25,29)(H,26,28)(H,27,30). The summed E-state index contributed by atoms with van der Waals surface area (Å²) in [5.74, 6) is 0.146. The van der Waals surface area contributed by atoms with Crippen molar-refractivity contribution in [3.8, 4) is 11.5 Å². The van der Waals surface area contributed by atoms with E-state index in [4.69, 9.17) is 15.2 Å². The number of primary amides is 1. The number of amides is 3. The van der Waals surface area contributed by atoms with Gasteiger partial charge in [-0.3, -0.25) is 14.4 Å². The van der Waals surface area contributed by atoms with E-state index in [0.29, 0.717) is 34.0 Å². The van der Waals surface area contributed by atoms with Gasteiger partial charge in [0.05, 0.1) is 20.0 Å². The summed E-state index contributed by atoms with van der Waals surface area (Å²) in [6.45, 7) is 0. The highest BCUT2D eigenvalue weighted by molar-refractivity contribution is 8.00. The Hall–Kier alpha value is -3.98. The van der Waals surface area contributed by atoms with Crippen LogP contribution in [-0.4, -0.2) is 37.7 Å². The Morgan fingerprint density at radius 2 is 1.52 bits per heavy atom. The summed E-state index contributed by atoms with van der Waals surface area (Å²) in [6.07, 6.45) is 0. The molecule has 0 saturated carbocycles. The summed E-state index contributed by atoms with van der Waals surface area (Å²) in [7, 11) is 3.03. The molecule has 0 saturated heterocycles. The van der Waals surface area contributed by atoms with Gasteiger partial charge in [-0.15, -0.1) is 11.8 Å². The van der Waals surface area contributed by atoms with Crippen LogP contribution < -0.4 is 25.8 Å². The van der Waals surface area contributed by atoms with Gasteiger partial charge in [-0.25, -0.2) is 0 Å². The zero-order valence-electron chi connectivity index (χ0n) is 18.1. The first kappa shape index (κ1) is 23.7. The Bertz CT molecular complexity index is 1170. The van der Waals surface area contributed by atoms with Crippen LogP contribution in [0.25, 0.3) is 0 Å². The van der Waals surface area contributed by atoms with Crippen molar-refractivity contribution in [2.45, 2.75) is 4.90 Å². The minimum Gasteiger partial charge on any atom is -0.493 e. The summed E-state index contributed by atoms with van der Waals surface area (Å²) in [6, 6.07) is 18.5. The molecule has 3 amide bonds. The lowest BCUT2D eigenvalue weighted by Gasteiger charge is -2.11. The number of carbonyl (C=O) groups excluding carboxylic acids is 3. The highest BCUT2D eigenvalue weighted by Crippen LogP contribution is 2.28. The van der Waals surface area contributed by atoms with Gasteiger partial charge in [-0.1, -0.05) is 6.07 Å². The fourth-order valence-electron chi connectivity index (χ4n) is 2.91. The van der Waals surface area contributed by atoms with Crippen LogP contribution in [0.5, 0.6) is 11.5 Å². The summed E-state index contributed by atoms with van der Waals surface area (Å²) in [4.78, 5) is 36.8. The number of thioether (sulfide) groups is 1. The van der Waals surface area contributed by atoms with Crippen molar-refractivity contribution in [2.75, 3.05) is 30.6 Å². The van der Waals surface area contributed by atoms with Crippen LogP contribution >= 0.6 is 11.8 Å². The topological polar surface area (TPSA) is 120 Å². The van der Waals surface area contributed by atoms with Gasteiger partial charge in [0.15, 0.2) is 11.5 Å². The molecular weight excluding hydrogens is 442 g/mol. The number of ether oxygens (including phenoxy) is 2. The number of benzene rings is 3. The lowest BCUT2D eigenvalue weighted by Crippen LogP contribution is -2.15. The van der Waals surface area contributed by atoms with Gasteiger partial charge in [-0.2, -0.15) is 0 Å². The molecule has 3 aromatic carbocycles. The van der Waals surface area contributed by atoms with Gasteiger partial charge < -0.3 is 25.8 Å². The summed E-state index contributed by atoms with van der Waals surface area (Å²) in [5.41, 5.74) is 7.17. The largest absolute Gasteiger partial charge is 0.493 e. The SMILES string of the molecule is COc1ccc(C(=O)Nc2cccc(SCC(=O)Nc3ccc(C(N)=O)cc3)c2)cc1OC. The highest BCUT2D eigenvalue weighted by Gasteiger charge is 2.12. The number of anilines is 2. The van der Waals surface area contributed by atoms with Crippen LogP contribution in [0.15, 0.2) is 71.6 Å². The molecule has 3 aromatic rings. The second-order valence-corrected chi connectivity index (χ2v) is 7.88. The van der Waals surface area contributed by atoms with E-state index >= 15 is 0 Å². The first-order valence-electron chi connectivity index (χ1n) is 9.85. The minimum atomic E-state index is -0.526. The summed E-state index contributed by atoms with van der Waals surface area (Å²) < 4.78 is 10.4. The number of carbonyl (C=O) groups is 3. The average molecular weight is 466 g/mol. The molecule has 0 fully saturated rings. The first-order valence-corrected chi connectivity index (χ1v) is 10.8. The fraction of sp³-hybridized carbons (Fsp3) is 0.125. The van der Waals surface area contributed by atoms with Gasteiger partial charge in [0.1, 0.15) is 0 Å². The van der Waals surface area contributed by atoms with Crippen LogP contribution in [-0.2, 0) is 4.79 Å². The Kier molecular flexibility index (Phi) is 7.93. The summed E-state index contributed by atoms with van der Waals surface area (Å²) >= 11 is 1.33. The normalized spacial score (nSPS) is 10.2. The van der Waals surface area contributed by atoms with Gasteiger partial charge in [0.25, 0.3) is 5.91 Å². The van der Waals surface area contributed by atoms with E-state index in [1.165, 1.54) is 26.0 Å². The second-order valence-electron chi connectivity index (χ2n) is 6.83. The molecule has 0 bridgehead atoms. The molecule has 0 atom stereocenters. The molecular formula is C24H23N3O5S. The van der Waals surface area contributed by atoms with Crippen molar-refractivity contribution in [1.29, 1.82) is 0 Å². The van der Waals surface area contributed by atoms with Crippen molar-refractivity contribution >= 4 is 40.9 Å². The molecule has 3 rings (SSSR count). The molecule has 8 nitrogen and oxygen atoms in total. The Morgan fingerprint density at radius 1 is 0.818 bits per heavy atom. The third-order valence-electron chi connectivity index (χ3n) is 4.56. The minimum absolute atomic E-state index is 0.171. The van der Waals surface area contributed by atoms with E-state index in [1.807, 2.05) is 6.07 Å². The van der Waals surface area contributed by atoms with E-state index < -0.39 is 5.91 Å². The molecule has 0 aliphatic carbocycles. The molecule has 0 aromatic heterocycles. The molecule has 0 aliphatic rings. The van der Waals surface area contributed by atoms with E-state index in [1.54, 1.807) is 60.7 Å². The van der Waals surface area contributed by atoms with Gasteiger partial charge in [0.2, 0.25) is 11.8 Å². The lowest BCUT2D eigenvalue weighted by atomic mass is 10.2. The van der Waals surface area contributed by atoms with Crippen LogP contribution in [0.2, 0.25) is 0 Å². The summed E-state index contributed by atoms with van der Waals surface area (Å²) in [5, 5.41) is 5.61. The number of nitrogens with one attached hydrogen (secondary N) is 2. The predicted molar refractivity (Wildman–Crippen MR) is 128 cm³/mol. The number of nitrogens with two attached hydrogens (primary N) is 1. The molecule has 0 unspecified atom stereocenters. The van der Waals surface area contributed by atoms with E-state index in [9.17, 15) is 14.4 Å². The van der Waals surface area contributed by atoms with Crippen molar-refractivity contribution in [1.82, 2.24) is 0 Å². The van der Waals surface area contributed by atoms with Crippen LogP contribution in [0, 0.1) is 0 Å². The average Bonchev–Trinajstić information content (AvgIpc) is 2.82. The molecule has 0 spiro atoms. The zero-order valence-corrected chi connectivity index (χ0v) is 18.9. The van der Waals surface area contributed by atoms with Crippen LogP contribution in [0.3, 0.4) is 0 Å². The van der Waals surface area contributed by atoms with Crippen LogP contribution in [0.1, 0.15) is 20.7 Å². The monoisotopic (exact) mass is 465 g/mol. The van der Waals surface area contributed by atoms with Crippen LogP contribution in [0.4, 0.5) is 11.4 Å². The molecule has 4 N–H and O–H groups in total. The second kappa shape index (κ2) is 11.1. The van der Waals surface area contributed by atoms with Crippen molar-refractivity contribution in [3.05, 3.63) is 77.9 Å². The van der Waals surface area contributed by atoms with Gasteiger partial charge in [0, 0.05) is 27.4 Å². The lowest BCUT2D eigenvalue weighted by molar-refractivity contribution is -0.113. The van der Waals surface area contributed by atoms with Gasteiger partial charge >= 0.3 is 0 Å². The number of rotatable bonds is 9. The predicted octanol–water partition coefficient (Wildman–Crippen LogP) is 3.79. The number of hydrogen-bond donors (Lipinski definition) is 3. The highest BCUT2D eigenvalue weighted by atomic mass is 32.2. The number of methoxy groups -OCH3 is 2. The van der Waals surface area contributed by atoms with E-state index in [-0.39, 0.29) is 17.6 Å². The zero-order chi connectivity index (χ0) is 23.8. The Labute approximate surface area is 195 Å². The first-order chi connectivity index (χ1) is 15.9. The molecule has 33 heavy (non-hydrogen) atoms. The number of hydrogen-bond acceptors (Lipinski definition) is 6. The maximum Gasteiger partial charge on any atom is 0.255 e. The Balaban J connectivity index is 1.57. The maximum absolute atomic E-state index is 12.6. The smallest absolute Gasteiger partial charge is 0.255 e. The van der Waals surface area contributed by atoms with Gasteiger partial charge in [-0.05, 0) is 60.7 Å². The molecule has 170 valence electrons. The third kappa shape index (κ3) is 6.50. The molecule has 0 radical (unpaired) electrons. The van der Waals surface area contributed by atoms with E-state index in [0.717, 1.165) is 4.90 Å². The Morgan fingerprint density at radius 3 is 2.18 bits per heavy atom. The maximum atomic E-state index is 12.6. The van der Waals surface area contributed by atoms with E-state index in [2.05, 4.69) is 10.6 Å². The van der Waals surface area contributed by atoms with Crippen molar-refractivity contribution in [3.63, 3.8) is 0 Å². The fourth-order valence-corrected chi connectivity index (χ4v) is 3.66. The van der Waals surface area contributed by atoms with Crippen molar-refractivity contribution in [2.24, 2.45) is 5.73 Å². The molecule has 9 heteroatoms. The molecule has 0 aliphatic heterocycles. The van der Waals surface area contributed by atoms with Crippen molar-refractivity contribution < 1.29 is 23.9 Å².